The predicted molar refractivity (Wildman–Crippen MR) is 120 cm³/mol. The van der Waals surface area contributed by atoms with E-state index < -0.39 is 5.60 Å². The first-order valence-corrected chi connectivity index (χ1v) is 11.2. The molecule has 0 aliphatic carbocycles. The standard InChI is InChI=1S/C23H40N4O3/c1-17(2)26(18(3)4)16-12-24-21(28)20-9-8-13-27(20)19-10-14-25(15-11-19)22(29)30-23(5,6)7/h8-9,13,17-19H,10-12,14-16H2,1-7H3,(H,24,28). The number of hydrogen-bond donors (Lipinski definition) is 1. The van der Waals surface area contributed by atoms with Crippen LogP contribution in [0.3, 0.4) is 0 Å². The lowest BCUT2D eigenvalue weighted by Crippen LogP contribution is -2.43. The van der Waals surface area contributed by atoms with Crippen LogP contribution >= 0.6 is 0 Å². The number of ether oxygens (including phenoxy) is 1. The molecule has 2 rings (SSSR count). The molecule has 1 aliphatic heterocycles. The van der Waals surface area contributed by atoms with Gasteiger partial charge in [-0.1, -0.05) is 0 Å². The second kappa shape index (κ2) is 10.3. The molecule has 0 saturated carbocycles. The van der Waals surface area contributed by atoms with Gasteiger partial charge in [0, 0.05) is 50.5 Å². The number of nitrogens with one attached hydrogen (secondary N) is 1. The highest BCUT2D eigenvalue weighted by atomic mass is 16.6. The molecule has 1 N–H and O–H groups in total. The Kier molecular flexibility index (Phi) is 8.35. The van der Waals surface area contributed by atoms with E-state index in [1.165, 1.54) is 0 Å². The lowest BCUT2D eigenvalue weighted by atomic mass is 10.0. The van der Waals surface area contributed by atoms with Crippen LogP contribution < -0.4 is 5.32 Å². The van der Waals surface area contributed by atoms with Crippen LogP contribution in [0, 0.1) is 0 Å². The van der Waals surface area contributed by atoms with E-state index in [9.17, 15) is 9.59 Å². The largest absolute Gasteiger partial charge is 0.444 e. The highest BCUT2D eigenvalue weighted by Crippen LogP contribution is 2.25. The second-order valence-corrected chi connectivity index (χ2v) is 9.68. The van der Waals surface area contributed by atoms with Gasteiger partial charge in [0.05, 0.1) is 0 Å². The Hall–Kier alpha value is -2.02. The van der Waals surface area contributed by atoms with Crippen LogP contribution in [0.2, 0.25) is 0 Å². The molecule has 0 atom stereocenters. The van der Waals surface area contributed by atoms with E-state index in [4.69, 9.17) is 4.74 Å². The number of rotatable bonds is 7. The molecule has 170 valence electrons. The Morgan fingerprint density at radius 3 is 2.30 bits per heavy atom. The monoisotopic (exact) mass is 420 g/mol. The molecule has 1 fully saturated rings. The molecule has 30 heavy (non-hydrogen) atoms. The summed E-state index contributed by atoms with van der Waals surface area (Å²) in [6.45, 7) is 17.1. The fraction of sp³-hybridized carbons (Fsp3) is 0.739. The third kappa shape index (κ3) is 6.76. The Bertz CT molecular complexity index is 690. The van der Waals surface area contributed by atoms with E-state index in [0.717, 1.165) is 19.4 Å². The minimum atomic E-state index is -0.486. The van der Waals surface area contributed by atoms with E-state index in [0.29, 0.717) is 37.4 Å². The maximum atomic E-state index is 12.8. The molecule has 0 unspecified atom stereocenters. The molecule has 0 spiro atoms. The fourth-order valence-corrected chi connectivity index (χ4v) is 4.06. The van der Waals surface area contributed by atoms with Crippen molar-refractivity contribution in [2.75, 3.05) is 26.2 Å². The number of piperidine rings is 1. The number of hydrogen-bond acceptors (Lipinski definition) is 4. The van der Waals surface area contributed by atoms with Crippen molar-refractivity contribution >= 4 is 12.0 Å². The Balaban J connectivity index is 1.90. The first kappa shape index (κ1) is 24.3. The maximum Gasteiger partial charge on any atom is 0.410 e. The van der Waals surface area contributed by atoms with Crippen molar-refractivity contribution in [2.24, 2.45) is 0 Å². The molecule has 1 aromatic rings. The smallest absolute Gasteiger partial charge is 0.410 e. The zero-order valence-corrected chi connectivity index (χ0v) is 19.8. The summed E-state index contributed by atoms with van der Waals surface area (Å²) in [5, 5.41) is 3.07. The van der Waals surface area contributed by atoms with Crippen LogP contribution in [0.1, 0.15) is 77.8 Å². The summed E-state index contributed by atoms with van der Waals surface area (Å²) in [5.41, 5.74) is 0.201. The van der Waals surface area contributed by atoms with Gasteiger partial charge in [-0.3, -0.25) is 9.69 Å². The van der Waals surface area contributed by atoms with Gasteiger partial charge in [0.2, 0.25) is 0 Å². The topological polar surface area (TPSA) is 66.8 Å². The van der Waals surface area contributed by atoms with Crippen LogP contribution in [0.25, 0.3) is 0 Å². The van der Waals surface area contributed by atoms with Crippen molar-refractivity contribution in [1.29, 1.82) is 0 Å². The number of nitrogens with zero attached hydrogens (tertiary/aromatic N) is 3. The van der Waals surface area contributed by atoms with E-state index in [-0.39, 0.29) is 18.0 Å². The highest BCUT2D eigenvalue weighted by molar-refractivity contribution is 5.92. The zero-order chi connectivity index (χ0) is 22.5. The van der Waals surface area contributed by atoms with Crippen LogP contribution in [0.4, 0.5) is 4.79 Å². The van der Waals surface area contributed by atoms with Crippen molar-refractivity contribution in [1.82, 2.24) is 19.7 Å². The van der Waals surface area contributed by atoms with E-state index in [1.54, 1.807) is 4.90 Å². The van der Waals surface area contributed by atoms with Gasteiger partial charge in [-0.05, 0) is 73.4 Å². The van der Waals surface area contributed by atoms with Gasteiger partial charge >= 0.3 is 6.09 Å². The number of carbonyl (C=O) groups is 2. The first-order chi connectivity index (χ1) is 14.0. The van der Waals surface area contributed by atoms with Gasteiger partial charge in [0.15, 0.2) is 0 Å². The highest BCUT2D eigenvalue weighted by Gasteiger charge is 2.28. The van der Waals surface area contributed by atoms with E-state index in [1.807, 2.05) is 39.1 Å². The lowest BCUT2D eigenvalue weighted by molar-refractivity contribution is 0.0187. The van der Waals surface area contributed by atoms with Gasteiger partial charge in [0.1, 0.15) is 11.3 Å². The average molecular weight is 421 g/mol. The normalized spacial score (nSPS) is 15.9. The Morgan fingerprint density at radius 2 is 1.77 bits per heavy atom. The number of likely N-dealkylation sites (tertiary alicyclic amines) is 1. The van der Waals surface area contributed by atoms with Gasteiger partial charge in [-0.15, -0.1) is 0 Å². The van der Waals surface area contributed by atoms with Crippen molar-refractivity contribution in [3.8, 4) is 0 Å². The van der Waals surface area contributed by atoms with Gasteiger partial charge in [0.25, 0.3) is 5.91 Å². The summed E-state index contributed by atoms with van der Waals surface area (Å²) in [5.74, 6) is -0.0398. The molecule has 7 nitrogen and oxygen atoms in total. The second-order valence-electron chi connectivity index (χ2n) is 9.68. The maximum absolute atomic E-state index is 12.8. The van der Waals surface area contributed by atoms with Gasteiger partial charge in [-0.2, -0.15) is 0 Å². The van der Waals surface area contributed by atoms with Crippen LogP contribution in [-0.2, 0) is 4.74 Å². The summed E-state index contributed by atoms with van der Waals surface area (Å²) in [6, 6.07) is 4.89. The third-order valence-electron chi connectivity index (χ3n) is 5.50. The quantitative estimate of drug-likeness (QED) is 0.726. The average Bonchev–Trinajstić information content (AvgIpc) is 3.13. The molecule has 0 bridgehead atoms. The lowest BCUT2D eigenvalue weighted by Gasteiger charge is -2.34. The summed E-state index contributed by atoms with van der Waals surface area (Å²) in [7, 11) is 0. The predicted octanol–water partition coefficient (Wildman–Crippen LogP) is 3.91. The number of aromatic nitrogens is 1. The first-order valence-electron chi connectivity index (χ1n) is 11.2. The molecule has 1 aromatic heterocycles. The number of carbonyl (C=O) groups excluding carboxylic acids is 2. The summed E-state index contributed by atoms with van der Waals surface area (Å²) in [4.78, 5) is 29.2. The molecular formula is C23H40N4O3. The summed E-state index contributed by atoms with van der Waals surface area (Å²) in [6.07, 6.45) is 3.33. The molecule has 0 aromatic carbocycles. The third-order valence-corrected chi connectivity index (χ3v) is 5.50. The minimum Gasteiger partial charge on any atom is -0.444 e. The Morgan fingerprint density at radius 1 is 1.17 bits per heavy atom. The van der Waals surface area contributed by atoms with Crippen LogP contribution in [0.5, 0.6) is 0 Å². The molecule has 1 saturated heterocycles. The van der Waals surface area contributed by atoms with Crippen molar-refractivity contribution in [2.45, 2.75) is 85.0 Å². The molecule has 1 aliphatic rings. The van der Waals surface area contributed by atoms with Crippen molar-refractivity contribution in [3.05, 3.63) is 24.0 Å². The summed E-state index contributed by atoms with van der Waals surface area (Å²) < 4.78 is 7.53. The fourth-order valence-electron chi connectivity index (χ4n) is 4.06. The molecule has 2 heterocycles. The molecule has 7 heteroatoms. The van der Waals surface area contributed by atoms with Crippen molar-refractivity contribution < 1.29 is 14.3 Å². The van der Waals surface area contributed by atoms with E-state index in [2.05, 4.69) is 42.5 Å². The minimum absolute atomic E-state index is 0.0398. The Labute approximate surface area is 181 Å². The SMILES string of the molecule is CC(C)N(CCNC(=O)c1cccn1C1CCN(C(=O)OC(C)(C)C)CC1)C(C)C. The van der Waals surface area contributed by atoms with E-state index >= 15 is 0 Å². The van der Waals surface area contributed by atoms with Gasteiger partial charge < -0.3 is 19.5 Å². The van der Waals surface area contributed by atoms with Crippen LogP contribution in [-0.4, -0.2) is 70.2 Å². The molecule has 0 radical (unpaired) electrons. The van der Waals surface area contributed by atoms with Crippen molar-refractivity contribution in [3.63, 3.8) is 0 Å². The van der Waals surface area contributed by atoms with Gasteiger partial charge in [-0.25, -0.2) is 4.79 Å². The van der Waals surface area contributed by atoms with Crippen LogP contribution in [0.15, 0.2) is 18.3 Å². The molecular weight excluding hydrogens is 380 g/mol. The zero-order valence-electron chi connectivity index (χ0n) is 19.8. The molecule has 2 amide bonds. The number of amides is 2. The summed E-state index contributed by atoms with van der Waals surface area (Å²) >= 11 is 0.